The number of nitrogens with two attached hydrogens (primary N) is 1. The lowest BCUT2D eigenvalue weighted by Gasteiger charge is -2.22. The standard InChI is InChI=1S/C14H19ClN4OS/c1-3-11(16)12(9-5-7-10(15)8-6-9)21-14-18-17-13(20)19(14)4-2/h5-8,11-12H,3-4,16H2,1-2H3,(H,17,20). The highest BCUT2D eigenvalue weighted by molar-refractivity contribution is 7.99. The average molecular weight is 327 g/mol. The fourth-order valence-electron chi connectivity index (χ4n) is 2.05. The highest BCUT2D eigenvalue weighted by Crippen LogP contribution is 2.37. The lowest BCUT2D eigenvalue weighted by Crippen LogP contribution is -2.26. The molecular weight excluding hydrogens is 308 g/mol. The maximum Gasteiger partial charge on any atom is 0.343 e. The highest BCUT2D eigenvalue weighted by Gasteiger charge is 2.23. The molecule has 114 valence electrons. The van der Waals surface area contributed by atoms with E-state index >= 15 is 0 Å². The summed E-state index contributed by atoms with van der Waals surface area (Å²) in [6.45, 7) is 4.54. The number of thioether (sulfide) groups is 1. The van der Waals surface area contributed by atoms with E-state index in [4.69, 9.17) is 17.3 Å². The third kappa shape index (κ3) is 3.70. The van der Waals surface area contributed by atoms with Crippen LogP contribution in [0, 0.1) is 0 Å². The van der Waals surface area contributed by atoms with Gasteiger partial charge in [0.2, 0.25) is 0 Å². The second kappa shape index (κ2) is 7.15. The number of hydrogen-bond acceptors (Lipinski definition) is 4. The summed E-state index contributed by atoms with van der Waals surface area (Å²) in [5.74, 6) is 0. The molecule has 0 amide bonds. The van der Waals surface area contributed by atoms with E-state index in [2.05, 4.69) is 10.2 Å². The van der Waals surface area contributed by atoms with Gasteiger partial charge < -0.3 is 5.73 Å². The smallest absolute Gasteiger partial charge is 0.326 e. The fraction of sp³-hybridized carbons (Fsp3) is 0.429. The van der Waals surface area contributed by atoms with E-state index in [1.807, 2.05) is 38.1 Å². The molecule has 7 heteroatoms. The van der Waals surface area contributed by atoms with Crippen LogP contribution in [0.5, 0.6) is 0 Å². The summed E-state index contributed by atoms with van der Waals surface area (Å²) in [6.07, 6.45) is 0.834. The van der Waals surface area contributed by atoms with Gasteiger partial charge in [0.1, 0.15) is 0 Å². The Bertz CT molecular complexity index is 637. The average Bonchev–Trinajstić information content (AvgIpc) is 2.85. The Morgan fingerprint density at radius 1 is 1.38 bits per heavy atom. The molecule has 3 N–H and O–H groups in total. The van der Waals surface area contributed by atoms with Gasteiger partial charge in [0.25, 0.3) is 0 Å². The monoisotopic (exact) mass is 326 g/mol. The molecule has 0 fully saturated rings. The molecule has 0 saturated heterocycles. The first kappa shape index (κ1) is 16.1. The van der Waals surface area contributed by atoms with Crippen molar-refractivity contribution in [3.63, 3.8) is 0 Å². The normalized spacial score (nSPS) is 14.1. The molecule has 0 saturated carbocycles. The van der Waals surface area contributed by atoms with Gasteiger partial charge in [-0.1, -0.05) is 42.4 Å². The molecule has 1 aromatic heterocycles. The lowest BCUT2D eigenvalue weighted by atomic mass is 10.0. The van der Waals surface area contributed by atoms with Crippen LogP contribution in [-0.4, -0.2) is 20.8 Å². The van der Waals surface area contributed by atoms with Crippen LogP contribution in [-0.2, 0) is 6.54 Å². The van der Waals surface area contributed by atoms with Crippen molar-refractivity contribution in [2.24, 2.45) is 5.73 Å². The third-order valence-electron chi connectivity index (χ3n) is 3.33. The van der Waals surface area contributed by atoms with Gasteiger partial charge >= 0.3 is 5.69 Å². The number of rotatable bonds is 6. The number of nitrogens with one attached hydrogen (secondary N) is 1. The molecule has 2 atom stereocenters. The number of H-pyrrole nitrogens is 1. The summed E-state index contributed by atoms with van der Waals surface area (Å²) in [5.41, 5.74) is 7.14. The summed E-state index contributed by atoms with van der Waals surface area (Å²) in [6, 6.07) is 7.61. The molecule has 0 aliphatic rings. The second-order valence-corrected chi connectivity index (χ2v) is 6.26. The molecule has 21 heavy (non-hydrogen) atoms. The van der Waals surface area contributed by atoms with Crippen molar-refractivity contribution in [2.45, 2.75) is 43.3 Å². The van der Waals surface area contributed by atoms with Crippen molar-refractivity contribution in [3.8, 4) is 0 Å². The molecule has 2 aromatic rings. The third-order valence-corrected chi connectivity index (χ3v) is 4.98. The molecule has 0 spiro atoms. The predicted molar refractivity (Wildman–Crippen MR) is 86.8 cm³/mol. The first-order chi connectivity index (χ1) is 10.1. The highest BCUT2D eigenvalue weighted by atomic mass is 35.5. The van der Waals surface area contributed by atoms with Crippen LogP contribution in [0.15, 0.2) is 34.2 Å². The summed E-state index contributed by atoms with van der Waals surface area (Å²) < 4.78 is 1.61. The second-order valence-electron chi connectivity index (χ2n) is 4.72. The molecule has 0 aliphatic heterocycles. The van der Waals surface area contributed by atoms with Gasteiger partial charge in [0, 0.05) is 17.6 Å². The number of nitrogens with zero attached hydrogens (tertiary/aromatic N) is 2. The Hall–Kier alpha value is -1.24. The van der Waals surface area contributed by atoms with Crippen LogP contribution in [0.1, 0.15) is 31.1 Å². The Kier molecular flexibility index (Phi) is 5.50. The van der Waals surface area contributed by atoms with Crippen molar-refractivity contribution in [1.29, 1.82) is 0 Å². The number of benzene rings is 1. The number of aromatic nitrogens is 3. The SMILES string of the molecule is CCC(N)C(Sc1n[nH]c(=O)n1CC)c1ccc(Cl)cc1. The van der Waals surface area contributed by atoms with Gasteiger partial charge in [0.05, 0.1) is 5.25 Å². The van der Waals surface area contributed by atoms with Gasteiger partial charge in [-0.15, -0.1) is 5.10 Å². The van der Waals surface area contributed by atoms with Crippen molar-refractivity contribution >= 4 is 23.4 Å². The minimum atomic E-state index is -0.195. The minimum Gasteiger partial charge on any atom is -0.326 e. The Morgan fingerprint density at radius 2 is 2.05 bits per heavy atom. The first-order valence-electron chi connectivity index (χ1n) is 6.89. The van der Waals surface area contributed by atoms with Crippen LogP contribution in [0.25, 0.3) is 0 Å². The summed E-state index contributed by atoms with van der Waals surface area (Å²) in [5, 5.41) is 7.95. The van der Waals surface area contributed by atoms with Crippen molar-refractivity contribution in [3.05, 3.63) is 45.3 Å². The van der Waals surface area contributed by atoms with Gasteiger partial charge in [-0.3, -0.25) is 4.57 Å². The zero-order chi connectivity index (χ0) is 15.4. The van der Waals surface area contributed by atoms with Crippen LogP contribution in [0.3, 0.4) is 0 Å². The molecule has 0 aliphatic carbocycles. The van der Waals surface area contributed by atoms with E-state index in [9.17, 15) is 4.79 Å². The quantitative estimate of drug-likeness (QED) is 0.800. The van der Waals surface area contributed by atoms with E-state index in [-0.39, 0.29) is 17.0 Å². The molecule has 1 heterocycles. The number of halogens is 1. The largest absolute Gasteiger partial charge is 0.343 e. The van der Waals surface area contributed by atoms with Crippen LogP contribution >= 0.6 is 23.4 Å². The summed E-state index contributed by atoms with van der Waals surface area (Å²) >= 11 is 7.45. The van der Waals surface area contributed by atoms with E-state index in [1.54, 1.807) is 4.57 Å². The number of hydrogen-bond donors (Lipinski definition) is 2. The van der Waals surface area contributed by atoms with Gasteiger partial charge in [-0.05, 0) is 31.0 Å². The van der Waals surface area contributed by atoms with E-state index in [0.717, 1.165) is 12.0 Å². The van der Waals surface area contributed by atoms with Crippen molar-refractivity contribution in [1.82, 2.24) is 14.8 Å². The number of aromatic amines is 1. The molecule has 0 bridgehead atoms. The van der Waals surface area contributed by atoms with Crippen molar-refractivity contribution < 1.29 is 0 Å². The topological polar surface area (TPSA) is 76.7 Å². The Morgan fingerprint density at radius 3 is 2.62 bits per heavy atom. The fourth-order valence-corrected chi connectivity index (χ4v) is 3.51. The van der Waals surface area contributed by atoms with Gasteiger partial charge in [-0.25, -0.2) is 9.89 Å². The Labute approximate surface area is 132 Å². The molecule has 1 aromatic carbocycles. The summed E-state index contributed by atoms with van der Waals surface area (Å²) in [7, 11) is 0. The van der Waals surface area contributed by atoms with Crippen LogP contribution in [0.2, 0.25) is 5.02 Å². The first-order valence-corrected chi connectivity index (χ1v) is 8.15. The van der Waals surface area contributed by atoms with Crippen molar-refractivity contribution in [2.75, 3.05) is 0 Å². The van der Waals surface area contributed by atoms with Gasteiger partial charge in [-0.2, -0.15) is 0 Å². The maximum atomic E-state index is 11.7. The molecule has 5 nitrogen and oxygen atoms in total. The van der Waals surface area contributed by atoms with E-state index in [1.165, 1.54) is 11.8 Å². The molecular formula is C14H19ClN4OS. The Balaban J connectivity index is 2.32. The minimum absolute atomic E-state index is 0.0211. The molecule has 2 rings (SSSR count). The zero-order valence-electron chi connectivity index (χ0n) is 12.0. The lowest BCUT2D eigenvalue weighted by molar-refractivity contribution is 0.621. The summed E-state index contributed by atoms with van der Waals surface area (Å²) in [4.78, 5) is 11.7. The van der Waals surface area contributed by atoms with E-state index in [0.29, 0.717) is 16.7 Å². The maximum absolute atomic E-state index is 11.7. The van der Waals surface area contributed by atoms with Gasteiger partial charge in [0.15, 0.2) is 5.16 Å². The molecule has 2 unspecified atom stereocenters. The van der Waals surface area contributed by atoms with Crippen LogP contribution in [0.4, 0.5) is 0 Å². The predicted octanol–water partition coefficient (Wildman–Crippen LogP) is 2.82. The van der Waals surface area contributed by atoms with E-state index < -0.39 is 0 Å². The zero-order valence-corrected chi connectivity index (χ0v) is 13.6. The van der Waals surface area contributed by atoms with Crippen LogP contribution < -0.4 is 11.4 Å². The molecule has 0 radical (unpaired) electrons.